The topological polar surface area (TPSA) is 87.7 Å². The van der Waals surface area contributed by atoms with E-state index in [9.17, 15) is 27.6 Å². The van der Waals surface area contributed by atoms with Gasteiger partial charge < -0.3 is 15.4 Å². The van der Waals surface area contributed by atoms with Gasteiger partial charge in [-0.15, -0.1) is 0 Å². The first-order valence-corrected chi connectivity index (χ1v) is 10.5. The number of halogens is 5. The second-order valence-corrected chi connectivity index (χ2v) is 9.01. The van der Waals surface area contributed by atoms with Crippen LogP contribution < -0.4 is 15.5 Å². The molecule has 1 heterocycles. The third-order valence-corrected chi connectivity index (χ3v) is 5.38. The molecule has 1 aliphatic rings. The lowest BCUT2D eigenvalue weighted by atomic mass is 10.1. The maximum absolute atomic E-state index is 13.3. The number of fused-ring (bicyclic) bond motifs is 1. The summed E-state index contributed by atoms with van der Waals surface area (Å²) in [5.41, 5.74) is -0.219. The molecule has 0 aromatic heterocycles. The van der Waals surface area contributed by atoms with Gasteiger partial charge in [-0.1, -0.05) is 30.1 Å². The monoisotopic (exact) mass is 497 g/mol. The van der Waals surface area contributed by atoms with Gasteiger partial charge in [0.15, 0.2) is 0 Å². The predicted molar refractivity (Wildman–Crippen MR) is 114 cm³/mol. The van der Waals surface area contributed by atoms with Crippen LogP contribution in [0.1, 0.15) is 39.7 Å². The lowest BCUT2D eigenvalue weighted by molar-refractivity contribution is -0.139. The Morgan fingerprint density at radius 3 is 2.38 bits per heavy atom. The minimum atomic E-state index is -4.62. The molecule has 2 rings (SSSR count). The van der Waals surface area contributed by atoms with Crippen molar-refractivity contribution in [2.24, 2.45) is 0 Å². The van der Waals surface area contributed by atoms with Gasteiger partial charge in [0.2, 0.25) is 11.8 Å². The van der Waals surface area contributed by atoms with Crippen LogP contribution in [0.3, 0.4) is 0 Å². The van der Waals surface area contributed by atoms with Crippen LogP contribution >= 0.6 is 23.2 Å². The third kappa shape index (κ3) is 6.41. The molecule has 2 atom stereocenters. The summed E-state index contributed by atoms with van der Waals surface area (Å²) in [5.74, 6) is -1.70. The molecule has 0 saturated carbocycles. The van der Waals surface area contributed by atoms with Crippen molar-refractivity contribution in [2.75, 3.05) is 11.4 Å². The van der Waals surface area contributed by atoms with E-state index in [1.54, 1.807) is 33.0 Å². The number of anilines is 1. The van der Waals surface area contributed by atoms with Crippen LogP contribution in [0.2, 0.25) is 10.0 Å². The number of nitrogens with zero attached hydrogens (tertiary/aromatic N) is 1. The zero-order chi connectivity index (χ0) is 24.4. The molecular formula is C20H24Cl2F3N3O4. The average Bonchev–Trinajstić information content (AvgIpc) is 3.05. The maximum atomic E-state index is 13.3. The van der Waals surface area contributed by atoms with Gasteiger partial charge >= 0.3 is 12.3 Å². The van der Waals surface area contributed by atoms with E-state index >= 15 is 0 Å². The SMILES string of the molecule is CC[C@H](NC(=O)OC(C)(C)C)C(=O)N1c2ccc(Cl)c(Cl)c2C[C@@H]1C(=O)NCC(F)(F)F. The molecule has 0 fully saturated rings. The Kier molecular flexibility index (Phi) is 7.93. The molecule has 0 saturated heterocycles. The highest BCUT2D eigenvalue weighted by molar-refractivity contribution is 6.43. The first-order valence-electron chi connectivity index (χ1n) is 9.78. The van der Waals surface area contributed by atoms with Crippen molar-refractivity contribution in [3.8, 4) is 0 Å². The van der Waals surface area contributed by atoms with Crippen LogP contribution in [0, 0.1) is 0 Å². The molecule has 7 nitrogen and oxygen atoms in total. The smallest absolute Gasteiger partial charge is 0.408 e. The van der Waals surface area contributed by atoms with Crippen LogP contribution in [0.4, 0.5) is 23.7 Å². The molecule has 2 N–H and O–H groups in total. The van der Waals surface area contributed by atoms with E-state index in [4.69, 9.17) is 27.9 Å². The number of carbonyl (C=O) groups is 3. The minimum absolute atomic E-state index is 0.0984. The highest BCUT2D eigenvalue weighted by atomic mass is 35.5. The summed E-state index contributed by atoms with van der Waals surface area (Å²) >= 11 is 12.3. The third-order valence-electron chi connectivity index (χ3n) is 4.54. The summed E-state index contributed by atoms with van der Waals surface area (Å²) in [6.07, 6.45) is -5.46. The van der Waals surface area contributed by atoms with Crippen LogP contribution in [0.25, 0.3) is 0 Å². The Morgan fingerprint density at radius 1 is 1.22 bits per heavy atom. The van der Waals surface area contributed by atoms with Crippen molar-refractivity contribution in [1.29, 1.82) is 0 Å². The second-order valence-electron chi connectivity index (χ2n) is 8.23. The van der Waals surface area contributed by atoms with Crippen LogP contribution in [-0.2, 0) is 20.7 Å². The Bertz CT molecular complexity index is 903. The summed E-state index contributed by atoms with van der Waals surface area (Å²) in [5, 5.41) is 4.52. The van der Waals surface area contributed by atoms with Crippen molar-refractivity contribution in [3.63, 3.8) is 0 Å². The Hall–Kier alpha value is -2.20. The average molecular weight is 498 g/mol. The first kappa shape index (κ1) is 26.1. The molecule has 12 heteroatoms. The molecule has 32 heavy (non-hydrogen) atoms. The Labute approximate surface area is 193 Å². The van der Waals surface area contributed by atoms with Crippen molar-refractivity contribution in [1.82, 2.24) is 10.6 Å². The van der Waals surface area contributed by atoms with Gasteiger partial charge in [-0.05, 0) is 44.9 Å². The molecule has 3 amide bonds. The van der Waals surface area contributed by atoms with Gasteiger partial charge in [0.25, 0.3) is 0 Å². The summed E-state index contributed by atoms with van der Waals surface area (Å²) in [7, 11) is 0. The molecule has 1 aromatic carbocycles. The van der Waals surface area contributed by atoms with Gasteiger partial charge in [-0.3, -0.25) is 14.5 Å². The molecule has 0 radical (unpaired) electrons. The zero-order valence-electron chi connectivity index (χ0n) is 17.9. The van der Waals surface area contributed by atoms with E-state index < -0.39 is 48.3 Å². The fraction of sp³-hybridized carbons (Fsp3) is 0.550. The number of amides is 3. The molecule has 178 valence electrons. The fourth-order valence-electron chi connectivity index (χ4n) is 3.20. The molecular weight excluding hydrogens is 474 g/mol. The first-order chi connectivity index (χ1) is 14.6. The largest absolute Gasteiger partial charge is 0.444 e. The number of ether oxygens (including phenoxy) is 1. The van der Waals surface area contributed by atoms with Crippen molar-refractivity contribution >= 4 is 46.8 Å². The normalized spacial score (nSPS) is 16.9. The Balaban J connectivity index is 2.36. The van der Waals surface area contributed by atoms with E-state index in [1.807, 2.05) is 0 Å². The quantitative estimate of drug-likeness (QED) is 0.636. The van der Waals surface area contributed by atoms with Crippen molar-refractivity contribution < 1.29 is 32.3 Å². The van der Waals surface area contributed by atoms with Gasteiger partial charge in [0.05, 0.1) is 10.0 Å². The molecule has 1 aromatic rings. The number of nitrogens with one attached hydrogen (secondary N) is 2. The van der Waals surface area contributed by atoms with Crippen LogP contribution in [-0.4, -0.2) is 48.3 Å². The van der Waals surface area contributed by atoms with Gasteiger partial charge in [0, 0.05) is 12.1 Å². The van der Waals surface area contributed by atoms with E-state index in [2.05, 4.69) is 5.32 Å². The van der Waals surface area contributed by atoms with Crippen LogP contribution in [0.15, 0.2) is 12.1 Å². The predicted octanol–water partition coefficient (Wildman–Crippen LogP) is 4.23. The number of benzene rings is 1. The number of rotatable bonds is 5. The molecule has 0 bridgehead atoms. The summed E-state index contributed by atoms with van der Waals surface area (Å²) in [4.78, 5) is 39.2. The zero-order valence-corrected chi connectivity index (χ0v) is 19.4. The minimum Gasteiger partial charge on any atom is -0.444 e. The Morgan fingerprint density at radius 2 is 1.84 bits per heavy atom. The fourth-order valence-corrected chi connectivity index (χ4v) is 3.61. The lowest BCUT2D eigenvalue weighted by Gasteiger charge is -2.29. The summed E-state index contributed by atoms with van der Waals surface area (Å²) in [6.45, 7) is 5.03. The number of carbonyl (C=O) groups excluding carboxylic acids is 3. The highest BCUT2D eigenvalue weighted by Crippen LogP contribution is 2.41. The van der Waals surface area contributed by atoms with Crippen LogP contribution in [0.5, 0.6) is 0 Å². The maximum Gasteiger partial charge on any atom is 0.408 e. The molecule has 0 spiro atoms. The molecule has 0 unspecified atom stereocenters. The number of alkyl halides is 3. The number of alkyl carbamates (subject to hydrolysis) is 1. The summed E-state index contributed by atoms with van der Waals surface area (Å²) < 4.78 is 43.0. The van der Waals surface area contributed by atoms with E-state index in [0.717, 1.165) is 4.90 Å². The van der Waals surface area contributed by atoms with Crippen molar-refractivity contribution in [3.05, 3.63) is 27.7 Å². The van der Waals surface area contributed by atoms with Gasteiger partial charge in [-0.25, -0.2) is 4.79 Å². The van der Waals surface area contributed by atoms with Crippen molar-refractivity contribution in [2.45, 2.75) is 64.4 Å². The van der Waals surface area contributed by atoms with E-state index in [0.29, 0.717) is 5.56 Å². The highest BCUT2D eigenvalue weighted by Gasteiger charge is 2.43. The van der Waals surface area contributed by atoms with E-state index in [1.165, 1.54) is 12.1 Å². The molecule has 0 aliphatic carbocycles. The van der Waals surface area contributed by atoms with E-state index in [-0.39, 0.29) is 28.6 Å². The van der Waals surface area contributed by atoms with Gasteiger partial charge in [0.1, 0.15) is 24.2 Å². The lowest BCUT2D eigenvalue weighted by Crippen LogP contribution is -2.55. The molecule has 1 aliphatic heterocycles. The summed E-state index contributed by atoms with van der Waals surface area (Å²) in [6, 6.07) is 0.480. The van der Waals surface area contributed by atoms with Gasteiger partial charge in [-0.2, -0.15) is 13.2 Å². The number of hydrogen-bond acceptors (Lipinski definition) is 4. The number of hydrogen-bond donors (Lipinski definition) is 2. The standard InChI is InChI=1S/C20H24Cl2F3N3O4/c1-5-12(27-18(31)32-19(2,3)4)17(30)28-13-7-6-11(21)15(22)10(13)8-14(28)16(29)26-9-20(23,24)25/h6-7,12,14H,5,8-9H2,1-4H3,(H,26,29)(H,27,31)/t12-,14+/m0/s1. The second kappa shape index (κ2) is 9.74.